The maximum absolute atomic E-state index is 4.23. The summed E-state index contributed by atoms with van der Waals surface area (Å²) in [5.74, 6) is 0. The van der Waals surface area contributed by atoms with E-state index in [0.717, 1.165) is 17.0 Å². The van der Waals surface area contributed by atoms with Crippen molar-refractivity contribution in [1.29, 1.82) is 0 Å². The highest BCUT2D eigenvalue weighted by Crippen LogP contribution is 2.33. The van der Waals surface area contributed by atoms with Gasteiger partial charge in [0.1, 0.15) is 0 Å². The van der Waals surface area contributed by atoms with Gasteiger partial charge in [-0.2, -0.15) is 0 Å². The lowest BCUT2D eigenvalue weighted by atomic mass is 10.6. The number of hydrogen-bond acceptors (Lipinski definition) is 3. The highest BCUT2D eigenvalue weighted by atomic mass is 31.2. The molecule has 1 aromatic rings. The molecular weight excluding hydrogens is 171 g/mol. The molecular formula is C3H7N3P3+. The van der Waals surface area contributed by atoms with Gasteiger partial charge in [0.2, 0.25) is 7.85 Å². The van der Waals surface area contributed by atoms with Crippen molar-refractivity contribution in [3.63, 3.8) is 0 Å². The molecule has 3 nitrogen and oxygen atoms in total. The van der Waals surface area contributed by atoms with Crippen molar-refractivity contribution < 1.29 is 0 Å². The van der Waals surface area contributed by atoms with Gasteiger partial charge in [0, 0.05) is 0 Å². The smallest absolute Gasteiger partial charge is 0.0415 e. The first kappa shape index (κ1) is 7.41. The molecule has 0 spiro atoms. The Morgan fingerprint density at radius 2 is 1.78 bits per heavy atom. The third kappa shape index (κ3) is 2.18. The average molecular weight is 178 g/mol. The molecule has 9 heavy (non-hydrogen) atoms. The summed E-state index contributed by atoms with van der Waals surface area (Å²) >= 11 is 0. The SMILES string of the molecule is CC(C)[p+]1npnpn1. The van der Waals surface area contributed by atoms with Crippen LogP contribution in [-0.2, 0) is 0 Å². The van der Waals surface area contributed by atoms with Gasteiger partial charge in [0.25, 0.3) is 0 Å². The average Bonchev–Trinajstić information content (AvgIpc) is 1.90. The first-order valence-corrected chi connectivity index (χ1v) is 5.53. The summed E-state index contributed by atoms with van der Waals surface area (Å²) in [7, 11) is 1.35. The zero-order chi connectivity index (χ0) is 6.69. The predicted octanol–water partition coefficient (Wildman–Crippen LogP) is 2.88. The Hall–Kier alpha value is 0.300. The van der Waals surface area contributed by atoms with Crippen LogP contribution in [0.15, 0.2) is 0 Å². The fourth-order valence-electron chi connectivity index (χ4n) is 0.360. The van der Waals surface area contributed by atoms with Crippen LogP contribution in [0.25, 0.3) is 0 Å². The van der Waals surface area contributed by atoms with E-state index in [9.17, 15) is 0 Å². The van der Waals surface area contributed by atoms with Crippen molar-refractivity contribution >= 4 is 24.9 Å². The Balaban J connectivity index is 2.85. The van der Waals surface area contributed by atoms with Crippen LogP contribution in [0.3, 0.4) is 0 Å². The van der Waals surface area contributed by atoms with E-state index in [1.165, 1.54) is 0 Å². The van der Waals surface area contributed by atoms with Gasteiger partial charge in [-0.25, -0.2) is 0 Å². The van der Waals surface area contributed by atoms with Crippen LogP contribution >= 0.6 is 24.9 Å². The first-order chi connectivity index (χ1) is 4.30. The normalized spacial score (nSPS) is 13.9. The van der Waals surface area contributed by atoms with Crippen LogP contribution in [0.1, 0.15) is 19.5 Å². The van der Waals surface area contributed by atoms with Crippen molar-refractivity contribution in [2.75, 3.05) is 0 Å². The Labute approximate surface area is 58.6 Å². The molecule has 48 valence electrons. The van der Waals surface area contributed by atoms with Crippen LogP contribution in [-0.4, -0.2) is 13.5 Å². The van der Waals surface area contributed by atoms with Crippen LogP contribution < -0.4 is 0 Å². The molecule has 0 saturated heterocycles. The molecule has 1 rings (SSSR count). The summed E-state index contributed by atoms with van der Waals surface area (Å²) in [6.45, 7) is 4.30. The standard InChI is InChI=1S/C3H7N3P3/c1-3(2)9-5-7-4-8-6-9/h3H,1-2H3/q+1. The molecule has 0 aliphatic carbocycles. The summed E-state index contributed by atoms with van der Waals surface area (Å²) in [5.41, 5.74) is 0.593. The molecule has 0 atom stereocenters. The number of hydrogen-bond donors (Lipinski definition) is 0. The molecule has 0 unspecified atom stereocenters. The maximum atomic E-state index is 4.23. The molecule has 0 saturated carbocycles. The fraction of sp³-hybridized carbons (Fsp3) is 1.00. The van der Waals surface area contributed by atoms with Crippen LogP contribution in [0, 0.1) is 0 Å². The van der Waals surface area contributed by atoms with Crippen molar-refractivity contribution in [2.24, 2.45) is 0 Å². The molecule has 0 aromatic carbocycles. The van der Waals surface area contributed by atoms with Gasteiger partial charge in [-0.05, 0) is 27.4 Å². The third-order valence-electron chi connectivity index (χ3n) is 0.805. The molecule has 6 heteroatoms. The van der Waals surface area contributed by atoms with Crippen LogP contribution in [0.4, 0.5) is 0 Å². The third-order valence-corrected chi connectivity index (χ3v) is 4.48. The Morgan fingerprint density at radius 3 is 2.11 bits per heavy atom. The number of rotatable bonds is 1. The molecule has 0 bridgehead atoms. The van der Waals surface area contributed by atoms with E-state index in [1.807, 2.05) is 0 Å². The van der Waals surface area contributed by atoms with Gasteiger partial charge in [-0.3, -0.25) is 0 Å². The van der Waals surface area contributed by atoms with E-state index in [4.69, 9.17) is 0 Å². The van der Waals surface area contributed by atoms with Gasteiger partial charge in [-0.15, -0.1) is 0 Å². The van der Waals surface area contributed by atoms with Crippen molar-refractivity contribution in [3.8, 4) is 0 Å². The van der Waals surface area contributed by atoms with Gasteiger partial charge in [0.05, 0.1) is 5.66 Å². The van der Waals surface area contributed by atoms with Crippen LogP contribution in [0.2, 0.25) is 0 Å². The summed E-state index contributed by atoms with van der Waals surface area (Å²) in [6, 6.07) is 0. The molecule has 0 N–H and O–H groups in total. The predicted molar refractivity (Wildman–Crippen MR) is 42.4 cm³/mol. The van der Waals surface area contributed by atoms with E-state index < -0.39 is 7.85 Å². The molecule has 0 aliphatic heterocycles. The Kier molecular flexibility index (Phi) is 2.85. The van der Waals surface area contributed by atoms with E-state index in [1.54, 1.807) is 0 Å². The monoisotopic (exact) mass is 178 g/mol. The second-order valence-corrected chi connectivity index (χ2v) is 6.04. The summed E-state index contributed by atoms with van der Waals surface area (Å²) < 4.78 is 12.4. The van der Waals surface area contributed by atoms with E-state index >= 15 is 0 Å². The van der Waals surface area contributed by atoms with Gasteiger partial charge >= 0.3 is 17.0 Å². The van der Waals surface area contributed by atoms with Gasteiger partial charge in [-0.1, -0.05) is 0 Å². The highest BCUT2D eigenvalue weighted by Gasteiger charge is 2.07. The maximum Gasteiger partial charge on any atom is 0.346 e. The number of aromatic nitrogens is 3. The largest absolute Gasteiger partial charge is 0.346 e. The molecule has 1 aromatic heterocycles. The molecule has 1 heterocycles. The Bertz CT molecular complexity index is 177. The molecule has 0 aliphatic rings. The Morgan fingerprint density at radius 1 is 1.22 bits per heavy atom. The quantitative estimate of drug-likeness (QED) is 0.663. The zero-order valence-electron chi connectivity index (χ0n) is 5.26. The molecule has 0 amide bonds. The van der Waals surface area contributed by atoms with Gasteiger partial charge in [0.15, 0.2) is 0 Å². The first-order valence-electron chi connectivity index (χ1n) is 2.61. The summed E-state index contributed by atoms with van der Waals surface area (Å²) in [4.78, 5) is 0. The topological polar surface area (TPSA) is 38.7 Å². The lowest BCUT2D eigenvalue weighted by Crippen LogP contribution is -1.73. The minimum atomic E-state index is -0.399. The zero-order valence-corrected chi connectivity index (χ0v) is 7.94. The lowest BCUT2D eigenvalue weighted by molar-refractivity contribution is 1.02. The van der Waals surface area contributed by atoms with E-state index in [0.29, 0.717) is 5.66 Å². The minimum absolute atomic E-state index is 0.399. The minimum Gasteiger partial charge on any atom is -0.0415 e. The van der Waals surface area contributed by atoms with E-state index in [-0.39, 0.29) is 0 Å². The lowest BCUT2D eigenvalue weighted by Gasteiger charge is -1.88. The van der Waals surface area contributed by atoms with E-state index in [2.05, 4.69) is 27.4 Å². The molecule has 0 radical (unpaired) electrons. The van der Waals surface area contributed by atoms with Crippen LogP contribution in [0.5, 0.6) is 0 Å². The second-order valence-electron chi connectivity index (χ2n) is 1.86. The molecule has 0 fully saturated rings. The summed E-state index contributed by atoms with van der Waals surface area (Å²) in [6.07, 6.45) is 0. The second kappa shape index (κ2) is 3.46. The fourth-order valence-corrected chi connectivity index (χ4v) is 4.21. The van der Waals surface area contributed by atoms with Crippen molar-refractivity contribution in [3.05, 3.63) is 0 Å². The van der Waals surface area contributed by atoms with Crippen molar-refractivity contribution in [1.82, 2.24) is 13.5 Å². The van der Waals surface area contributed by atoms with Gasteiger partial charge < -0.3 is 0 Å². The summed E-state index contributed by atoms with van der Waals surface area (Å²) in [5, 5.41) is 0. The highest BCUT2D eigenvalue weighted by molar-refractivity contribution is 7.53. The number of nitrogens with zero attached hydrogens (tertiary/aromatic N) is 3. The van der Waals surface area contributed by atoms with Crippen molar-refractivity contribution in [2.45, 2.75) is 19.5 Å².